The van der Waals surface area contributed by atoms with Gasteiger partial charge in [-0.2, -0.15) is 0 Å². The molecule has 0 bridgehead atoms. The summed E-state index contributed by atoms with van der Waals surface area (Å²) in [6.07, 6.45) is 0.413. The number of rotatable bonds is 7. The second-order valence-corrected chi connectivity index (χ2v) is 5.23. The molecule has 19 heavy (non-hydrogen) atoms. The van der Waals surface area contributed by atoms with Gasteiger partial charge in [0.25, 0.3) is 0 Å². The number of amides is 3. The van der Waals surface area contributed by atoms with Gasteiger partial charge >= 0.3 is 12.0 Å². The van der Waals surface area contributed by atoms with E-state index in [1.807, 2.05) is 0 Å². The van der Waals surface area contributed by atoms with Gasteiger partial charge in [-0.15, -0.1) is 11.8 Å². The van der Waals surface area contributed by atoms with Crippen LogP contribution in [-0.4, -0.2) is 48.6 Å². The fraction of sp³-hybridized carbons (Fsp3) is 0.727. The van der Waals surface area contributed by atoms with Crippen molar-refractivity contribution in [1.82, 2.24) is 10.6 Å². The molecule has 0 aromatic heterocycles. The summed E-state index contributed by atoms with van der Waals surface area (Å²) < 4.78 is 4.49. The zero-order chi connectivity index (χ0) is 14.8. The molecular weight excluding hydrogens is 270 g/mol. The van der Waals surface area contributed by atoms with Gasteiger partial charge in [-0.05, 0) is 26.0 Å². The Morgan fingerprint density at radius 2 is 2.00 bits per heavy atom. The first-order valence-electron chi connectivity index (χ1n) is 5.96. The van der Waals surface area contributed by atoms with E-state index in [9.17, 15) is 14.4 Å². The van der Waals surface area contributed by atoms with E-state index in [0.29, 0.717) is 18.7 Å². The number of methoxy groups -OCH3 is 1. The Hall–Kier alpha value is -1.28. The van der Waals surface area contributed by atoms with Crippen LogP contribution in [-0.2, 0) is 14.3 Å². The number of esters is 1. The summed E-state index contributed by atoms with van der Waals surface area (Å²) in [4.78, 5) is 33.8. The number of hydrogen-bond donors (Lipinski definition) is 3. The largest absolute Gasteiger partial charge is 0.468 e. The lowest BCUT2D eigenvalue weighted by Gasteiger charge is -2.13. The highest BCUT2D eigenvalue weighted by molar-refractivity contribution is 8.00. The van der Waals surface area contributed by atoms with E-state index >= 15 is 0 Å². The quantitative estimate of drug-likeness (QED) is 0.562. The lowest BCUT2D eigenvalue weighted by atomic mass is 10.2. The molecule has 2 unspecified atom stereocenters. The lowest BCUT2D eigenvalue weighted by Crippen LogP contribution is -2.42. The summed E-state index contributed by atoms with van der Waals surface area (Å²) in [5.41, 5.74) is 5.56. The predicted molar refractivity (Wildman–Crippen MR) is 73.7 cm³/mol. The van der Waals surface area contributed by atoms with Crippen LogP contribution in [0.5, 0.6) is 0 Å². The number of ether oxygens (including phenoxy) is 1. The zero-order valence-electron chi connectivity index (χ0n) is 11.4. The molecule has 0 rings (SSSR count). The van der Waals surface area contributed by atoms with Crippen molar-refractivity contribution in [1.29, 1.82) is 0 Å². The minimum absolute atomic E-state index is 0.373. The van der Waals surface area contributed by atoms with Crippen LogP contribution in [0.15, 0.2) is 0 Å². The molecule has 0 aromatic carbocycles. The van der Waals surface area contributed by atoms with Crippen molar-refractivity contribution in [3.63, 3.8) is 0 Å². The number of carbonyl (C=O) groups excluding carboxylic acids is 3. The van der Waals surface area contributed by atoms with E-state index in [0.717, 1.165) is 0 Å². The minimum Gasteiger partial charge on any atom is -0.468 e. The number of nitrogens with one attached hydrogen (secondary N) is 2. The summed E-state index contributed by atoms with van der Waals surface area (Å²) >= 11 is 1.32. The summed E-state index contributed by atoms with van der Waals surface area (Å²) in [5.74, 6) is -0.317. The molecule has 4 N–H and O–H groups in total. The lowest BCUT2D eigenvalue weighted by molar-refractivity contribution is -0.142. The summed E-state index contributed by atoms with van der Waals surface area (Å²) in [6.45, 7) is 3.90. The molecule has 2 atom stereocenters. The van der Waals surface area contributed by atoms with Crippen molar-refractivity contribution >= 4 is 29.7 Å². The molecule has 3 amide bonds. The highest BCUT2D eigenvalue weighted by Crippen LogP contribution is 2.12. The Kier molecular flexibility index (Phi) is 8.98. The fourth-order valence-corrected chi connectivity index (χ4v) is 2.09. The van der Waals surface area contributed by atoms with E-state index in [-0.39, 0.29) is 5.91 Å². The van der Waals surface area contributed by atoms with Gasteiger partial charge in [-0.1, -0.05) is 0 Å². The van der Waals surface area contributed by atoms with Crippen molar-refractivity contribution in [2.45, 2.75) is 31.6 Å². The molecule has 0 saturated heterocycles. The number of imide groups is 1. The average Bonchev–Trinajstić information content (AvgIpc) is 2.37. The van der Waals surface area contributed by atoms with Crippen molar-refractivity contribution in [3.05, 3.63) is 0 Å². The molecule has 7 nitrogen and oxygen atoms in total. The molecular formula is C11H21N3O4S. The monoisotopic (exact) mass is 291 g/mol. The predicted octanol–water partition coefficient (Wildman–Crippen LogP) is -0.156. The first kappa shape index (κ1) is 17.7. The molecule has 0 radical (unpaired) electrons. The van der Waals surface area contributed by atoms with Crippen LogP contribution in [0.2, 0.25) is 0 Å². The fourth-order valence-electron chi connectivity index (χ4n) is 1.13. The van der Waals surface area contributed by atoms with Crippen LogP contribution in [0.4, 0.5) is 4.79 Å². The first-order chi connectivity index (χ1) is 8.92. The van der Waals surface area contributed by atoms with Gasteiger partial charge in [0.05, 0.1) is 12.4 Å². The first-order valence-corrected chi connectivity index (χ1v) is 7.00. The Morgan fingerprint density at radius 1 is 1.37 bits per heavy atom. The minimum atomic E-state index is -0.684. The molecule has 0 spiro atoms. The van der Waals surface area contributed by atoms with Crippen LogP contribution in [0.3, 0.4) is 0 Å². The van der Waals surface area contributed by atoms with Crippen LogP contribution in [0.1, 0.15) is 20.3 Å². The molecule has 0 aromatic rings. The van der Waals surface area contributed by atoms with Gasteiger partial charge in [0.15, 0.2) is 0 Å². The third-order valence-corrected chi connectivity index (χ3v) is 3.43. The second-order valence-electron chi connectivity index (χ2n) is 3.78. The Bertz CT molecular complexity index is 325. The third-order valence-electron chi connectivity index (χ3n) is 2.24. The van der Waals surface area contributed by atoms with Crippen LogP contribution < -0.4 is 16.4 Å². The normalized spacial score (nSPS) is 13.3. The molecule has 0 heterocycles. The highest BCUT2D eigenvalue weighted by Gasteiger charge is 2.18. The Balaban J connectivity index is 3.91. The smallest absolute Gasteiger partial charge is 0.322 e. The maximum absolute atomic E-state index is 11.6. The van der Waals surface area contributed by atoms with E-state index in [1.165, 1.54) is 18.9 Å². The van der Waals surface area contributed by atoms with Crippen molar-refractivity contribution in [2.75, 3.05) is 19.4 Å². The molecule has 110 valence electrons. The Morgan fingerprint density at radius 3 is 2.53 bits per heavy atom. The van der Waals surface area contributed by atoms with Crippen LogP contribution in [0.25, 0.3) is 0 Å². The molecule has 0 aliphatic rings. The van der Waals surface area contributed by atoms with Gasteiger partial charge in [-0.25, -0.2) is 4.79 Å². The van der Waals surface area contributed by atoms with Crippen molar-refractivity contribution < 1.29 is 19.1 Å². The Labute approximate surface area is 117 Å². The van der Waals surface area contributed by atoms with Crippen LogP contribution in [0, 0.1) is 0 Å². The number of thioether (sulfide) groups is 1. The van der Waals surface area contributed by atoms with E-state index in [4.69, 9.17) is 5.73 Å². The van der Waals surface area contributed by atoms with Gasteiger partial charge in [0.1, 0.15) is 6.04 Å². The number of nitrogens with two attached hydrogens (primary N) is 1. The third kappa shape index (κ3) is 7.68. The standard InChI is InChI=1S/C11H21N3O4S/c1-4-13-11(17)14-9(15)7(2)19-6-5-8(12)10(16)18-3/h7-8H,4-6,12H2,1-3H3,(H2,13,14,15,17). The summed E-state index contributed by atoms with van der Waals surface area (Å²) in [6, 6.07) is -1.19. The number of carbonyl (C=O) groups is 3. The number of urea groups is 1. The van der Waals surface area contributed by atoms with Crippen molar-refractivity contribution in [2.24, 2.45) is 5.73 Å². The molecule has 0 aliphatic heterocycles. The van der Waals surface area contributed by atoms with Gasteiger partial charge in [0.2, 0.25) is 5.91 Å². The van der Waals surface area contributed by atoms with E-state index in [2.05, 4.69) is 15.4 Å². The zero-order valence-corrected chi connectivity index (χ0v) is 12.2. The van der Waals surface area contributed by atoms with Crippen molar-refractivity contribution in [3.8, 4) is 0 Å². The van der Waals surface area contributed by atoms with E-state index < -0.39 is 23.3 Å². The molecule has 0 aliphatic carbocycles. The second kappa shape index (κ2) is 9.62. The summed E-state index contributed by atoms with van der Waals surface area (Å²) in [7, 11) is 1.28. The van der Waals surface area contributed by atoms with Gasteiger partial charge in [0, 0.05) is 6.54 Å². The maximum atomic E-state index is 11.6. The molecule has 8 heteroatoms. The maximum Gasteiger partial charge on any atom is 0.322 e. The van der Waals surface area contributed by atoms with Gasteiger partial charge in [-0.3, -0.25) is 14.9 Å². The SMILES string of the molecule is CCNC(=O)NC(=O)C(C)SCCC(N)C(=O)OC. The molecule has 0 saturated carbocycles. The number of hydrogen-bond acceptors (Lipinski definition) is 6. The molecule has 0 fully saturated rings. The topological polar surface area (TPSA) is 111 Å². The summed E-state index contributed by atoms with van der Waals surface area (Å²) in [5, 5.41) is 4.29. The van der Waals surface area contributed by atoms with Gasteiger partial charge < -0.3 is 15.8 Å². The van der Waals surface area contributed by atoms with E-state index in [1.54, 1.807) is 13.8 Å². The van der Waals surface area contributed by atoms with Crippen LogP contribution >= 0.6 is 11.8 Å². The highest BCUT2D eigenvalue weighted by atomic mass is 32.2. The average molecular weight is 291 g/mol.